The normalized spacial score (nSPS) is 11.2. The van der Waals surface area contributed by atoms with Gasteiger partial charge in [-0.1, -0.05) is 22.0 Å². The monoisotopic (exact) mass is 470 g/mol. The number of halogens is 1. The van der Waals surface area contributed by atoms with Crippen molar-refractivity contribution in [1.29, 1.82) is 0 Å². The Balaban J connectivity index is 2.19. The van der Waals surface area contributed by atoms with E-state index in [2.05, 4.69) is 20.7 Å². The van der Waals surface area contributed by atoms with E-state index in [1.165, 1.54) is 18.2 Å². The van der Waals surface area contributed by atoms with E-state index in [9.17, 15) is 13.2 Å². The number of benzene rings is 2. The second-order valence-corrected chi connectivity index (χ2v) is 8.52. The highest BCUT2D eigenvalue weighted by molar-refractivity contribution is 9.10. The van der Waals surface area contributed by atoms with Gasteiger partial charge in [0.05, 0.1) is 18.1 Å². The van der Waals surface area contributed by atoms with Crippen LogP contribution in [0.2, 0.25) is 0 Å². The first kappa shape index (κ1) is 22.4. The Labute approximate surface area is 173 Å². The second kappa shape index (κ2) is 10.6. The second-order valence-electron chi connectivity index (χ2n) is 5.92. The Kier molecular flexibility index (Phi) is 8.43. The topological polar surface area (TPSA) is 84.9 Å². The summed E-state index contributed by atoms with van der Waals surface area (Å²) in [6.45, 7) is 1.61. The zero-order chi connectivity index (χ0) is 20.6. The van der Waals surface area contributed by atoms with Gasteiger partial charge < -0.3 is 14.4 Å². The number of sulfonamides is 1. The molecule has 0 aliphatic heterocycles. The van der Waals surface area contributed by atoms with Crippen molar-refractivity contribution < 1.29 is 22.7 Å². The molecular weight excluding hydrogens is 448 g/mol. The number of ether oxygens (including phenoxy) is 2. The molecule has 0 unspecified atom stereocenters. The van der Waals surface area contributed by atoms with Gasteiger partial charge in [0.25, 0.3) is 15.9 Å². The standard InChI is InChI=1S/C19H23BrN2O5S/c1-26-12-10-22(11-13-27-2)19(23)15-4-3-5-17(14-15)21-28(24,25)18-8-6-16(20)7-9-18/h3-9,14,21H,10-13H2,1-2H3. The molecule has 0 fully saturated rings. The van der Waals surface area contributed by atoms with Crippen molar-refractivity contribution in [2.24, 2.45) is 0 Å². The Morgan fingerprint density at radius 2 is 1.64 bits per heavy atom. The van der Waals surface area contributed by atoms with Gasteiger partial charge >= 0.3 is 0 Å². The van der Waals surface area contributed by atoms with Crippen molar-refractivity contribution in [3.8, 4) is 0 Å². The van der Waals surface area contributed by atoms with E-state index in [0.717, 1.165) is 4.47 Å². The van der Waals surface area contributed by atoms with Crippen molar-refractivity contribution in [3.05, 3.63) is 58.6 Å². The van der Waals surface area contributed by atoms with Crippen LogP contribution in [0.1, 0.15) is 10.4 Å². The first-order valence-corrected chi connectivity index (χ1v) is 10.8. The minimum absolute atomic E-state index is 0.134. The summed E-state index contributed by atoms with van der Waals surface area (Å²) in [5, 5.41) is 0. The molecule has 0 radical (unpaired) electrons. The molecule has 7 nitrogen and oxygen atoms in total. The fourth-order valence-corrected chi connectivity index (χ4v) is 3.76. The number of hydrogen-bond acceptors (Lipinski definition) is 5. The molecule has 0 aliphatic rings. The van der Waals surface area contributed by atoms with E-state index >= 15 is 0 Å². The van der Waals surface area contributed by atoms with E-state index in [1.807, 2.05) is 0 Å². The molecule has 2 rings (SSSR count). The van der Waals surface area contributed by atoms with Crippen LogP contribution in [-0.4, -0.2) is 59.7 Å². The molecule has 0 aromatic heterocycles. The third-order valence-corrected chi connectivity index (χ3v) is 5.83. The van der Waals surface area contributed by atoms with Crippen LogP contribution in [0.15, 0.2) is 57.9 Å². The fraction of sp³-hybridized carbons (Fsp3) is 0.316. The molecule has 2 aromatic carbocycles. The minimum Gasteiger partial charge on any atom is -0.383 e. The molecule has 1 amide bonds. The van der Waals surface area contributed by atoms with Crippen molar-refractivity contribution in [2.75, 3.05) is 45.2 Å². The molecule has 0 spiro atoms. The number of anilines is 1. The predicted octanol–water partition coefficient (Wildman–Crippen LogP) is 2.98. The Morgan fingerprint density at radius 1 is 1.04 bits per heavy atom. The van der Waals surface area contributed by atoms with Gasteiger partial charge in [-0.3, -0.25) is 9.52 Å². The maximum Gasteiger partial charge on any atom is 0.261 e. The lowest BCUT2D eigenvalue weighted by atomic mass is 10.2. The number of amides is 1. The van der Waals surface area contributed by atoms with Crippen LogP contribution in [0.3, 0.4) is 0 Å². The smallest absolute Gasteiger partial charge is 0.261 e. The summed E-state index contributed by atoms with van der Waals surface area (Å²) in [5.41, 5.74) is 0.690. The maximum absolute atomic E-state index is 12.8. The lowest BCUT2D eigenvalue weighted by Crippen LogP contribution is -2.36. The number of methoxy groups -OCH3 is 2. The lowest BCUT2D eigenvalue weighted by Gasteiger charge is -2.22. The molecule has 0 atom stereocenters. The van der Waals surface area contributed by atoms with Crippen LogP contribution in [0, 0.1) is 0 Å². The van der Waals surface area contributed by atoms with Gasteiger partial charge in [0.2, 0.25) is 0 Å². The van der Waals surface area contributed by atoms with Gasteiger partial charge in [-0.05, 0) is 42.5 Å². The zero-order valence-electron chi connectivity index (χ0n) is 15.7. The van der Waals surface area contributed by atoms with Crippen molar-refractivity contribution in [3.63, 3.8) is 0 Å². The maximum atomic E-state index is 12.8. The van der Waals surface area contributed by atoms with Crippen LogP contribution < -0.4 is 4.72 Å². The molecule has 0 aliphatic carbocycles. The molecule has 0 heterocycles. The van der Waals surface area contributed by atoms with Crippen LogP contribution in [0.5, 0.6) is 0 Å². The van der Waals surface area contributed by atoms with Crippen LogP contribution in [0.25, 0.3) is 0 Å². The number of nitrogens with zero attached hydrogens (tertiary/aromatic N) is 1. The SMILES string of the molecule is COCCN(CCOC)C(=O)c1cccc(NS(=O)(=O)c2ccc(Br)cc2)c1. The van der Waals surface area contributed by atoms with Gasteiger partial charge in [-0.15, -0.1) is 0 Å². The van der Waals surface area contributed by atoms with Gasteiger partial charge in [-0.25, -0.2) is 8.42 Å². The largest absolute Gasteiger partial charge is 0.383 e. The molecule has 0 saturated heterocycles. The molecule has 28 heavy (non-hydrogen) atoms. The molecule has 0 saturated carbocycles. The van der Waals surface area contributed by atoms with Gasteiger partial charge in [-0.2, -0.15) is 0 Å². The summed E-state index contributed by atoms with van der Waals surface area (Å²) in [6.07, 6.45) is 0. The number of nitrogens with one attached hydrogen (secondary N) is 1. The van der Waals surface area contributed by atoms with Crippen molar-refractivity contribution in [2.45, 2.75) is 4.90 Å². The summed E-state index contributed by atoms with van der Waals surface area (Å²) in [5.74, 6) is -0.223. The molecule has 9 heteroatoms. The summed E-state index contributed by atoms with van der Waals surface area (Å²) in [7, 11) is -0.625. The van der Waals surface area contributed by atoms with E-state index in [0.29, 0.717) is 37.6 Å². The van der Waals surface area contributed by atoms with Crippen LogP contribution in [-0.2, 0) is 19.5 Å². The van der Waals surface area contributed by atoms with Crippen LogP contribution >= 0.6 is 15.9 Å². The Bertz CT molecular complexity index is 879. The fourth-order valence-electron chi connectivity index (χ4n) is 2.44. The third-order valence-electron chi connectivity index (χ3n) is 3.90. The summed E-state index contributed by atoms with van der Waals surface area (Å²) < 4.78 is 38.5. The molecule has 1 N–H and O–H groups in total. The van der Waals surface area contributed by atoms with E-state index in [1.54, 1.807) is 49.5 Å². The average Bonchev–Trinajstić information content (AvgIpc) is 2.68. The van der Waals surface area contributed by atoms with Crippen molar-refractivity contribution >= 4 is 37.5 Å². The van der Waals surface area contributed by atoms with E-state index < -0.39 is 10.0 Å². The van der Waals surface area contributed by atoms with E-state index in [-0.39, 0.29) is 10.8 Å². The predicted molar refractivity (Wildman–Crippen MR) is 111 cm³/mol. The number of carbonyl (C=O) groups is 1. The van der Waals surface area contributed by atoms with Crippen LogP contribution in [0.4, 0.5) is 5.69 Å². The number of rotatable bonds is 10. The number of hydrogen-bond donors (Lipinski definition) is 1. The average molecular weight is 471 g/mol. The highest BCUT2D eigenvalue weighted by Crippen LogP contribution is 2.20. The van der Waals surface area contributed by atoms with Gasteiger partial charge in [0.1, 0.15) is 0 Å². The minimum atomic E-state index is -3.76. The summed E-state index contributed by atoms with van der Waals surface area (Å²) in [4.78, 5) is 14.6. The molecule has 2 aromatic rings. The third kappa shape index (κ3) is 6.30. The van der Waals surface area contributed by atoms with E-state index in [4.69, 9.17) is 9.47 Å². The first-order valence-electron chi connectivity index (χ1n) is 8.53. The summed E-state index contributed by atoms with van der Waals surface area (Å²) in [6, 6.07) is 12.7. The molecule has 152 valence electrons. The van der Waals surface area contributed by atoms with Gasteiger partial charge in [0.15, 0.2) is 0 Å². The Hall–Kier alpha value is -1.94. The highest BCUT2D eigenvalue weighted by atomic mass is 79.9. The highest BCUT2D eigenvalue weighted by Gasteiger charge is 2.18. The Morgan fingerprint density at radius 3 is 2.21 bits per heavy atom. The summed E-state index contributed by atoms with van der Waals surface area (Å²) >= 11 is 3.28. The quantitative estimate of drug-likeness (QED) is 0.576. The number of carbonyl (C=O) groups excluding carboxylic acids is 1. The first-order chi connectivity index (χ1) is 13.4. The molecule has 0 bridgehead atoms. The zero-order valence-corrected chi connectivity index (χ0v) is 18.1. The lowest BCUT2D eigenvalue weighted by molar-refractivity contribution is 0.0627. The van der Waals surface area contributed by atoms with Crippen molar-refractivity contribution in [1.82, 2.24) is 4.90 Å². The van der Waals surface area contributed by atoms with Gasteiger partial charge in [0, 0.05) is 43.0 Å². The molecular formula is C19H23BrN2O5S.